The third-order valence-corrected chi connectivity index (χ3v) is 4.43. The second kappa shape index (κ2) is 6.22. The summed E-state index contributed by atoms with van der Waals surface area (Å²) in [6.45, 7) is 3.40. The van der Waals surface area contributed by atoms with Crippen molar-refractivity contribution in [2.24, 2.45) is 0 Å². The third kappa shape index (κ3) is 3.31. The lowest BCUT2D eigenvalue weighted by atomic mass is 10.1. The molecule has 1 aromatic rings. The second-order valence-electron chi connectivity index (χ2n) is 5.62. The number of carbonyl (C=O) groups is 1. The molecular formula is C15H19ClN2O3. The molecule has 0 spiro atoms. The van der Waals surface area contributed by atoms with E-state index in [9.17, 15) is 9.90 Å². The number of anilines is 1. The molecule has 2 aliphatic heterocycles. The highest BCUT2D eigenvalue weighted by atomic mass is 35.5. The summed E-state index contributed by atoms with van der Waals surface area (Å²) in [7, 11) is 0. The average molecular weight is 311 g/mol. The summed E-state index contributed by atoms with van der Waals surface area (Å²) in [6.07, 6.45) is 2.54. The van der Waals surface area contributed by atoms with Crippen LogP contribution in [0.25, 0.3) is 0 Å². The first-order valence-corrected chi connectivity index (χ1v) is 7.63. The third-order valence-electron chi connectivity index (χ3n) is 4.19. The molecule has 2 atom stereocenters. The van der Waals surface area contributed by atoms with E-state index in [0.29, 0.717) is 23.3 Å². The highest BCUT2D eigenvalue weighted by Gasteiger charge is 2.32. The van der Waals surface area contributed by atoms with Crippen LogP contribution in [0, 0.1) is 0 Å². The Kier molecular flexibility index (Phi) is 4.33. The molecule has 2 aliphatic rings. The zero-order valence-corrected chi connectivity index (χ0v) is 12.5. The van der Waals surface area contributed by atoms with Crippen LogP contribution < -0.4 is 5.32 Å². The van der Waals surface area contributed by atoms with Crippen LogP contribution in [0.5, 0.6) is 0 Å². The summed E-state index contributed by atoms with van der Waals surface area (Å²) in [4.78, 5) is 13.7. The minimum Gasteiger partial charge on any atom is -0.478 e. The van der Waals surface area contributed by atoms with Gasteiger partial charge in [-0.3, -0.25) is 4.90 Å². The number of benzene rings is 1. The van der Waals surface area contributed by atoms with Crippen molar-refractivity contribution in [3.63, 3.8) is 0 Å². The molecule has 3 rings (SSSR count). The fourth-order valence-corrected chi connectivity index (χ4v) is 3.25. The van der Waals surface area contributed by atoms with Gasteiger partial charge in [0, 0.05) is 24.2 Å². The molecule has 0 amide bonds. The number of ether oxygens (including phenoxy) is 1. The zero-order chi connectivity index (χ0) is 14.8. The highest BCUT2D eigenvalue weighted by molar-refractivity contribution is 6.31. The second-order valence-corrected chi connectivity index (χ2v) is 6.06. The van der Waals surface area contributed by atoms with Crippen molar-refractivity contribution in [3.8, 4) is 0 Å². The van der Waals surface area contributed by atoms with Crippen molar-refractivity contribution in [1.29, 1.82) is 0 Å². The maximum absolute atomic E-state index is 11.2. The average Bonchev–Trinajstić information content (AvgIpc) is 2.92. The van der Waals surface area contributed by atoms with Gasteiger partial charge in [0.15, 0.2) is 0 Å². The number of aromatic carboxylic acids is 1. The first-order valence-electron chi connectivity index (χ1n) is 7.26. The molecule has 2 N–H and O–H groups in total. The van der Waals surface area contributed by atoms with E-state index in [4.69, 9.17) is 16.3 Å². The van der Waals surface area contributed by atoms with E-state index >= 15 is 0 Å². The van der Waals surface area contributed by atoms with Crippen molar-refractivity contribution in [1.82, 2.24) is 4.90 Å². The Morgan fingerprint density at radius 1 is 1.52 bits per heavy atom. The van der Waals surface area contributed by atoms with Crippen LogP contribution in [0.15, 0.2) is 18.2 Å². The van der Waals surface area contributed by atoms with Crippen LogP contribution in [0.2, 0.25) is 5.02 Å². The molecule has 2 saturated heterocycles. The number of fused-ring (bicyclic) bond motifs is 1. The molecule has 0 aliphatic carbocycles. The normalized spacial score (nSPS) is 25.6. The molecular weight excluding hydrogens is 292 g/mol. The van der Waals surface area contributed by atoms with Crippen LogP contribution in [-0.2, 0) is 4.74 Å². The van der Waals surface area contributed by atoms with Gasteiger partial charge in [-0.25, -0.2) is 4.79 Å². The Hall–Kier alpha value is -1.30. The topological polar surface area (TPSA) is 61.8 Å². The van der Waals surface area contributed by atoms with Gasteiger partial charge in [-0.1, -0.05) is 11.6 Å². The molecule has 2 unspecified atom stereocenters. The monoisotopic (exact) mass is 310 g/mol. The molecule has 21 heavy (non-hydrogen) atoms. The predicted octanol–water partition coefficient (Wildman–Crippen LogP) is 2.31. The maximum atomic E-state index is 11.2. The highest BCUT2D eigenvalue weighted by Crippen LogP contribution is 2.24. The van der Waals surface area contributed by atoms with Crippen molar-refractivity contribution >= 4 is 23.3 Å². The molecule has 2 fully saturated rings. The van der Waals surface area contributed by atoms with E-state index in [-0.39, 0.29) is 11.7 Å². The Balaban J connectivity index is 1.62. The standard InChI is InChI=1S/C15H19ClN2O3/c16-10-3-4-13(15(19)20)14(6-10)17-7-12-8-18-5-1-2-11(18)9-21-12/h3-4,6,11-12,17H,1-2,5,7-9H2,(H,19,20). The number of morpholine rings is 1. The van der Waals surface area contributed by atoms with Crippen LogP contribution in [-0.4, -0.2) is 54.4 Å². The van der Waals surface area contributed by atoms with Gasteiger partial charge in [0.05, 0.1) is 24.0 Å². The minimum absolute atomic E-state index is 0.0833. The van der Waals surface area contributed by atoms with Gasteiger partial charge < -0.3 is 15.2 Å². The van der Waals surface area contributed by atoms with E-state index in [1.165, 1.54) is 18.9 Å². The molecule has 114 valence electrons. The zero-order valence-electron chi connectivity index (χ0n) is 11.7. The first-order chi connectivity index (χ1) is 10.1. The van der Waals surface area contributed by atoms with E-state index in [1.54, 1.807) is 12.1 Å². The number of hydrogen-bond acceptors (Lipinski definition) is 4. The van der Waals surface area contributed by atoms with Crippen molar-refractivity contribution in [3.05, 3.63) is 28.8 Å². The maximum Gasteiger partial charge on any atom is 0.337 e. The quantitative estimate of drug-likeness (QED) is 0.893. The van der Waals surface area contributed by atoms with Crippen LogP contribution in [0.4, 0.5) is 5.69 Å². The Morgan fingerprint density at radius 3 is 3.19 bits per heavy atom. The van der Waals surface area contributed by atoms with E-state index in [1.807, 2.05) is 0 Å². The van der Waals surface area contributed by atoms with Crippen LogP contribution in [0.1, 0.15) is 23.2 Å². The Bertz CT molecular complexity index is 538. The molecule has 6 heteroatoms. The van der Waals surface area contributed by atoms with E-state index in [2.05, 4.69) is 10.2 Å². The fraction of sp³-hybridized carbons (Fsp3) is 0.533. The van der Waals surface area contributed by atoms with Gasteiger partial charge in [-0.15, -0.1) is 0 Å². The smallest absolute Gasteiger partial charge is 0.337 e. The van der Waals surface area contributed by atoms with Gasteiger partial charge in [0.25, 0.3) is 0 Å². The number of nitrogens with one attached hydrogen (secondary N) is 1. The lowest BCUT2D eigenvalue weighted by Crippen LogP contribution is -2.48. The number of halogens is 1. The molecule has 0 aromatic heterocycles. The van der Waals surface area contributed by atoms with Gasteiger partial charge in [-0.2, -0.15) is 0 Å². The number of carboxylic acid groups (broad SMARTS) is 1. The van der Waals surface area contributed by atoms with Gasteiger partial charge >= 0.3 is 5.97 Å². The molecule has 5 nitrogen and oxygen atoms in total. The van der Waals surface area contributed by atoms with Crippen molar-refractivity contribution in [2.45, 2.75) is 25.0 Å². The summed E-state index contributed by atoms with van der Waals surface area (Å²) in [5.41, 5.74) is 0.774. The summed E-state index contributed by atoms with van der Waals surface area (Å²) >= 11 is 5.94. The van der Waals surface area contributed by atoms with E-state index < -0.39 is 5.97 Å². The van der Waals surface area contributed by atoms with Crippen molar-refractivity contribution < 1.29 is 14.6 Å². The van der Waals surface area contributed by atoms with Gasteiger partial charge in [0.2, 0.25) is 0 Å². The summed E-state index contributed by atoms with van der Waals surface area (Å²) < 4.78 is 5.86. The number of nitrogens with zero attached hydrogens (tertiary/aromatic N) is 1. The summed E-state index contributed by atoms with van der Waals surface area (Å²) in [6, 6.07) is 5.32. The van der Waals surface area contributed by atoms with Crippen LogP contribution >= 0.6 is 11.6 Å². The molecule has 1 aromatic carbocycles. The predicted molar refractivity (Wildman–Crippen MR) is 81.2 cm³/mol. The van der Waals surface area contributed by atoms with Gasteiger partial charge in [-0.05, 0) is 37.6 Å². The first kappa shape index (κ1) is 14.6. The SMILES string of the molecule is O=C(O)c1ccc(Cl)cc1NCC1CN2CCCC2CO1. The number of carboxylic acids is 1. The number of hydrogen-bond donors (Lipinski definition) is 2. The van der Waals surface area contributed by atoms with Gasteiger partial charge in [0.1, 0.15) is 0 Å². The molecule has 2 heterocycles. The van der Waals surface area contributed by atoms with E-state index in [0.717, 1.165) is 19.7 Å². The molecule has 0 radical (unpaired) electrons. The Labute approximate surface area is 128 Å². The van der Waals surface area contributed by atoms with Crippen LogP contribution in [0.3, 0.4) is 0 Å². The number of rotatable bonds is 4. The largest absolute Gasteiger partial charge is 0.478 e. The minimum atomic E-state index is -0.960. The Morgan fingerprint density at radius 2 is 2.38 bits per heavy atom. The molecule has 0 bridgehead atoms. The van der Waals surface area contributed by atoms with Crippen molar-refractivity contribution in [2.75, 3.05) is 31.6 Å². The summed E-state index contributed by atoms with van der Waals surface area (Å²) in [5, 5.41) is 12.9. The lowest BCUT2D eigenvalue weighted by Gasteiger charge is -2.35. The fourth-order valence-electron chi connectivity index (χ4n) is 3.08. The lowest BCUT2D eigenvalue weighted by molar-refractivity contribution is -0.0415. The summed E-state index contributed by atoms with van der Waals surface area (Å²) in [5.74, 6) is -0.960. The molecule has 0 saturated carbocycles.